The number of hydrogen-bond donors (Lipinski definition) is 0. The average molecular weight is 247 g/mol. The highest BCUT2D eigenvalue weighted by Crippen LogP contribution is 2.31. The van der Waals surface area contributed by atoms with Gasteiger partial charge in [-0.25, -0.2) is 0 Å². The lowest BCUT2D eigenvalue weighted by atomic mass is 10.2. The first-order valence-electron chi connectivity index (χ1n) is 6.24. The van der Waals surface area contributed by atoms with Crippen molar-refractivity contribution in [3.8, 4) is 0 Å². The normalized spacial score (nSPS) is 20.7. The lowest BCUT2D eigenvalue weighted by molar-refractivity contribution is 0.201. The van der Waals surface area contributed by atoms with Crippen LogP contribution in [-0.2, 0) is 13.6 Å². The maximum atomic E-state index is 5.30. The van der Waals surface area contributed by atoms with Gasteiger partial charge < -0.3 is 4.52 Å². The van der Waals surface area contributed by atoms with Crippen molar-refractivity contribution >= 4 is 0 Å². The van der Waals surface area contributed by atoms with Crippen molar-refractivity contribution in [1.29, 1.82) is 0 Å². The Labute approximate surface area is 106 Å². The van der Waals surface area contributed by atoms with Gasteiger partial charge in [0.2, 0.25) is 5.89 Å². The zero-order valence-corrected chi connectivity index (χ0v) is 10.7. The summed E-state index contributed by atoms with van der Waals surface area (Å²) in [5.41, 5.74) is 1.22. The van der Waals surface area contributed by atoms with E-state index in [9.17, 15) is 0 Å². The predicted octanol–water partition coefficient (Wildman–Crippen LogP) is 1.45. The number of rotatable bonds is 3. The largest absolute Gasteiger partial charge is 0.338 e. The summed E-state index contributed by atoms with van der Waals surface area (Å²) in [7, 11) is 1.94. The van der Waals surface area contributed by atoms with Crippen LogP contribution in [0, 0.1) is 6.92 Å². The molecule has 2 aromatic heterocycles. The maximum Gasteiger partial charge on any atom is 0.243 e. The predicted molar refractivity (Wildman–Crippen MR) is 64.6 cm³/mol. The molecule has 6 nitrogen and oxygen atoms in total. The van der Waals surface area contributed by atoms with E-state index >= 15 is 0 Å². The third-order valence-electron chi connectivity index (χ3n) is 3.34. The Hall–Kier alpha value is -1.69. The molecule has 3 heterocycles. The highest BCUT2D eigenvalue weighted by molar-refractivity contribution is 5.06. The van der Waals surface area contributed by atoms with E-state index in [4.69, 9.17) is 4.52 Å². The van der Waals surface area contributed by atoms with Crippen molar-refractivity contribution in [3.05, 3.63) is 29.7 Å². The maximum absolute atomic E-state index is 5.30. The van der Waals surface area contributed by atoms with Crippen molar-refractivity contribution in [1.82, 2.24) is 24.8 Å². The Kier molecular flexibility index (Phi) is 2.87. The Bertz CT molecular complexity index is 532. The zero-order chi connectivity index (χ0) is 12.5. The van der Waals surface area contributed by atoms with E-state index < -0.39 is 0 Å². The summed E-state index contributed by atoms with van der Waals surface area (Å²) in [6, 6.07) is 0.256. The van der Waals surface area contributed by atoms with Crippen LogP contribution in [0.3, 0.4) is 0 Å². The van der Waals surface area contributed by atoms with E-state index in [2.05, 4.69) is 26.3 Å². The molecule has 1 aliphatic heterocycles. The first kappa shape index (κ1) is 11.4. The molecule has 0 bridgehead atoms. The number of aryl methyl sites for hydroxylation is 2. The van der Waals surface area contributed by atoms with Gasteiger partial charge in [0.25, 0.3) is 0 Å². The molecule has 0 aliphatic carbocycles. The monoisotopic (exact) mass is 247 g/mol. The van der Waals surface area contributed by atoms with Crippen LogP contribution >= 0.6 is 0 Å². The van der Waals surface area contributed by atoms with Gasteiger partial charge in [-0.2, -0.15) is 10.1 Å². The van der Waals surface area contributed by atoms with E-state index in [1.165, 1.54) is 12.0 Å². The summed E-state index contributed by atoms with van der Waals surface area (Å²) in [6.07, 6.45) is 6.22. The van der Waals surface area contributed by atoms with Crippen LogP contribution in [0.1, 0.15) is 36.2 Å². The highest BCUT2D eigenvalue weighted by Gasteiger charge is 2.30. The first-order chi connectivity index (χ1) is 8.72. The summed E-state index contributed by atoms with van der Waals surface area (Å²) in [5, 5.41) is 8.08. The fourth-order valence-electron chi connectivity index (χ4n) is 2.53. The van der Waals surface area contributed by atoms with Gasteiger partial charge in [-0.05, 0) is 26.3 Å². The standard InChI is InChI=1S/C12H17N5O/c1-9-14-12(18-15-9)11-4-3-5-17(11)8-10-6-13-16(2)7-10/h6-7,11H,3-5,8H2,1-2H3/t11-/m0/s1. The van der Waals surface area contributed by atoms with Crippen LogP contribution < -0.4 is 0 Å². The van der Waals surface area contributed by atoms with Crippen LogP contribution in [0.15, 0.2) is 16.9 Å². The molecule has 96 valence electrons. The SMILES string of the molecule is Cc1noc([C@@H]2CCCN2Cc2cnn(C)c2)n1. The summed E-state index contributed by atoms with van der Waals surface area (Å²) in [4.78, 5) is 6.73. The molecule has 0 aromatic carbocycles. The minimum atomic E-state index is 0.256. The van der Waals surface area contributed by atoms with Gasteiger partial charge in [0.1, 0.15) is 0 Å². The Morgan fingerprint density at radius 2 is 2.39 bits per heavy atom. The van der Waals surface area contributed by atoms with Crippen LogP contribution in [0.2, 0.25) is 0 Å². The summed E-state index contributed by atoms with van der Waals surface area (Å²) in [5.74, 6) is 1.45. The molecule has 0 amide bonds. The van der Waals surface area contributed by atoms with Crippen LogP contribution in [-0.4, -0.2) is 31.4 Å². The second-order valence-corrected chi connectivity index (χ2v) is 4.83. The third kappa shape index (κ3) is 2.15. The Morgan fingerprint density at radius 1 is 1.50 bits per heavy atom. The molecular formula is C12H17N5O. The molecule has 0 saturated carbocycles. The van der Waals surface area contributed by atoms with E-state index in [-0.39, 0.29) is 6.04 Å². The molecule has 1 aliphatic rings. The van der Waals surface area contributed by atoms with Gasteiger partial charge in [0.15, 0.2) is 5.82 Å². The topological polar surface area (TPSA) is 60.0 Å². The molecule has 2 aromatic rings. The van der Waals surface area contributed by atoms with Crippen molar-refractivity contribution in [2.75, 3.05) is 6.54 Å². The van der Waals surface area contributed by atoms with Crippen molar-refractivity contribution in [3.63, 3.8) is 0 Å². The molecule has 0 N–H and O–H groups in total. The molecule has 6 heteroatoms. The quantitative estimate of drug-likeness (QED) is 0.821. The average Bonchev–Trinajstić information content (AvgIpc) is 3.01. The molecule has 0 spiro atoms. The fraction of sp³-hybridized carbons (Fsp3) is 0.583. The van der Waals surface area contributed by atoms with Gasteiger partial charge >= 0.3 is 0 Å². The molecule has 1 atom stereocenters. The molecule has 0 radical (unpaired) electrons. The van der Waals surface area contributed by atoms with Crippen LogP contribution in [0.25, 0.3) is 0 Å². The highest BCUT2D eigenvalue weighted by atomic mass is 16.5. The second-order valence-electron chi connectivity index (χ2n) is 4.83. The zero-order valence-electron chi connectivity index (χ0n) is 10.7. The van der Waals surface area contributed by atoms with Crippen molar-refractivity contribution in [2.45, 2.75) is 32.4 Å². The number of likely N-dealkylation sites (tertiary alicyclic amines) is 1. The van der Waals surface area contributed by atoms with Gasteiger partial charge in [0, 0.05) is 25.4 Å². The summed E-state index contributed by atoms with van der Waals surface area (Å²) < 4.78 is 7.13. The number of hydrogen-bond acceptors (Lipinski definition) is 5. The van der Waals surface area contributed by atoms with E-state index in [0.717, 1.165) is 25.4 Å². The molecule has 3 rings (SSSR count). The van der Waals surface area contributed by atoms with E-state index in [1.54, 1.807) is 0 Å². The number of nitrogens with zero attached hydrogens (tertiary/aromatic N) is 5. The third-order valence-corrected chi connectivity index (χ3v) is 3.34. The summed E-state index contributed by atoms with van der Waals surface area (Å²) in [6.45, 7) is 3.81. The van der Waals surface area contributed by atoms with Gasteiger partial charge in [0.05, 0.1) is 12.2 Å². The summed E-state index contributed by atoms with van der Waals surface area (Å²) >= 11 is 0. The van der Waals surface area contributed by atoms with Crippen molar-refractivity contribution in [2.24, 2.45) is 7.05 Å². The van der Waals surface area contributed by atoms with Gasteiger partial charge in [-0.15, -0.1) is 0 Å². The lowest BCUT2D eigenvalue weighted by Crippen LogP contribution is -2.22. The molecule has 1 saturated heterocycles. The molecule has 18 heavy (non-hydrogen) atoms. The van der Waals surface area contributed by atoms with E-state index in [1.807, 2.05) is 24.9 Å². The first-order valence-corrected chi connectivity index (χ1v) is 6.24. The van der Waals surface area contributed by atoms with Gasteiger partial charge in [-0.3, -0.25) is 9.58 Å². The van der Waals surface area contributed by atoms with Crippen LogP contribution in [0.5, 0.6) is 0 Å². The minimum Gasteiger partial charge on any atom is -0.338 e. The molecular weight excluding hydrogens is 230 g/mol. The van der Waals surface area contributed by atoms with Gasteiger partial charge in [-0.1, -0.05) is 5.16 Å². The second kappa shape index (κ2) is 4.53. The minimum absolute atomic E-state index is 0.256. The lowest BCUT2D eigenvalue weighted by Gasteiger charge is -2.20. The Morgan fingerprint density at radius 3 is 3.06 bits per heavy atom. The Balaban J connectivity index is 1.75. The smallest absolute Gasteiger partial charge is 0.243 e. The number of aromatic nitrogens is 4. The fourth-order valence-corrected chi connectivity index (χ4v) is 2.53. The van der Waals surface area contributed by atoms with E-state index in [0.29, 0.717) is 5.82 Å². The van der Waals surface area contributed by atoms with Crippen LogP contribution in [0.4, 0.5) is 0 Å². The van der Waals surface area contributed by atoms with Crippen molar-refractivity contribution < 1.29 is 4.52 Å². The molecule has 0 unspecified atom stereocenters. The molecule has 1 fully saturated rings.